The molecule has 0 atom stereocenters. The Labute approximate surface area is 127 Å². The summed E-state index contributed by atoms with van der Waals surface area (Å²) in [5.41, 5.74) is 10.5. The van der Waals surface area contributed by atoms with Crippen molar-refractivity contribution >= 4 is 28.8 Å². The van der Waals surface area contributed by atoms with E-state index in [-0.39, 0.29) is 0 Å². The topological polar surface area (TPSA) is 43.3 Å². The van der Waals surface area contributed by atoms with Crippen molar-refractivity contribution in [3.8, 4) is 11.3 Å². The zero-order valence-corrected chi connectivity index (χ0v) is 12.4. The van der Waals surface area contributed by atoms with Crippen LogP contribution in [0.4, 0.5) is 0 Å². The van der Waals surface area contributed by atoms with Gasteiger partial charge in [-0.15, -0.1) is 0 Å². The third kappa shape index (κ3) is 2.18. The van der Waals surface area contributed by atoms with Gasteiger partial charge in [0.1, 0.15) is 0 Å². The molecule has 2 N–H and O–H groups in total. The number of fused-ring (bicyclic) bond motifs is 1. The van der Waals surface area contributed by atoms with Crippen molar-refractivity contribution in [1.82, 2.24) is 9.38 Å². The summed E-state index contributed by atoms with van der Waals surface area (Å²) in [6.45, 7) is 2.41. The lowest BCUT2D eigenvalue weighted by Crippen LogP contribution is -2.02. The molecule has 20 heavy (non-hydrogen) atoms. The number of pyridine rings is 1. The van der Waals surface area contributed by atoms with Crippen molar-refractivity contribution in [3.05, 3.63) is 57.8 Å². The van der Waals surface area contributed by atoms with E-state index in [1.165, 1.54) is 5.56 Å². The maximum Gasteiger partial charge on any atom is 0.156 e. The highest BCUT2D eigenvalue weighted by atomic mass is 35.5. The molecule has 0 radical (unpaired) electrons. The van der Waals surface area contributed by atoms with E-state index < -0.39 is 0 Å². The molecule has 0 aliphatic heterocycles. The van der Waals surface area contributed by atoms with Gasteiger partial charge in [-0.25, -0.2) is 4.98 Å². The van der Waals surface area contributed by atoms with Gasteiger partial charge in [-0.3, -0.25) is 4.40 Å². The second-order valence-corrected chi connectivity index (χ2v) is 5.52. The minimum atomic E-state index is 0.362. The summed E-state index contributed by atoms with van der Waals surface area (Å²) in [5.74, 6) is 0. The minimum absolute atomic E-state index is 0.362. The summed E-state index contributed by atoms with van der Waals surface area (Å²) in [5, 5.41) is 1.08. The van der Waals surface area contributed by atoms with Crippen molar-refractivity contribution in [1.29, 1.82) is 0 Å². The fraction of sp³-hybridized carbons (Fsp3) is 0.133. The largest absolute Gasteiger partial charge is 0.325 e. The van der Waals surface area contributed by atoms with Crippen LogP contribution in [0.15, 0.2) is 36.5 Å². The Morgan fingerprint density at radius 1 is 1.20 bits per heavy atom. The Hall–Kier alpha value is -1.55. The number of halogens is 2. The molecule has 3 aromatic rings. The average molecular weight is 306 g/mol. The summed E-state index contributed by atoms with van der Waals surface area (Å²) in [4.78, 5) is 4.62. The summed E-state index contributed by atoms with van der Waals surface area (Å²) in [6, 6.07) is 9.85. The lowest BCUT2D eigenvalue weighted by atomic mass is 10.1. The number of nitrogens with two attached hydrogens (primary N) is 1. The predicted molar refractivity (Wildman–Crippen MR) is 83.3 cm³/mol. The molecule has 0 spiro atoms. The second kappa shape index (κ2) is 5.09. The van der Waals surface area contributed by atoms with E-state index in [0.717, 1.165) is 17.0 Å². The summed E-state index contributed by atoms with van der Waals surface area (Å²) >= 11 is 12.3. The highest BCUT2D eigenvalue weighted by molar-refractivity contribution is 6.36. The first-order valence-electron chi connectivity index (χ1n) is 6.23. The molecule has 0 saturated carbocycles. The van der Waals surface area contributed by atoms with Gasteiger partial charge in [-0.2, -0.15) is 0 Å². The van der Waals surface area contributed by atoms with Crippen LogP contribution in [0.1, 0.15) is 11.3 Å². The monoisotopic (exact) mass is 305 g/mol. The second-order valence-electron chi connectivity index (χ2n) is 4.68. The molecule has 0 fully saturated rings. The van der Waals surface area contributed by atoms with Gasteiger partial charge in [-0.1, -0.05) is 53.0 Å². The van der Waals surface area contributed by atoms with Crippen LogP contribution in [0.5, 0.6) is 0 Å². The SMILES string of the molecule is Cc1ccc(-c2nc3c(Cl)cc(Cl)cn3c2CN)cc1. The first-order valence-corrected chi connectivity index (χ1v) is 6.99. The number of benzene rings is 1. The fourth-order valence-corrected chi connectivity index (χ4v) is 2.77. The molecule has 0 bridgehead atoms. The number of aromatic nitrogens is 2. The van der Waals surface area contributed by atoms with Crippen LogP contribution in [-0.2, 0) is 6.54 Å². The van der Waals surface area contributed by atoms with Crippen LogP contribution in [-0.4, -0.2) is 9.38 Å². The molecule has 0 unspecified atom stereocenters. The molecule has 1 aromatic carbocycles. The molecule has 0 amide bonds. The van der Waals surface area contributed by atoms with Gasteiger partial charge >= 0.3 is 0 Å². The van der Waals surface area contributed by atoms with Crippen molar-refractivity contribution in [2.24, 2.45) is 5.73 Å². The number of hydrogen-bond donors (Lipinski definition) is 1. The van der Waals surface area contributed by atoms with Crippen molar-refractivity contribution in [2.75, 3.05) is 0 Å². The number of rotatable bonds is 2. The highest BCUT2D eigenvalue weighted by Crippen LogP contribution is 2.29. The van der Waals surface area contributed by atoms with E-state index in [9.17, 15) is 0 Å². The molecule has 3 rings (SSSR count). The van der Waals surface area contributed by atoms with Gasteiger partial charge in [0.25, 0.3) is 0 Å². The van der Waals surface area contributed by atoms with Crippen molar-refractivity contribution in [2.45, 2.75) is 13.5 Å². The maximum absolute atomic E-state index is 6.21. The van der Waals surface area contributed by atoms with Crippen LogP contribution in [0.25, 0.3) is 16.9 Å². The Morgan fingerprint density at radius 3 is 2.55 bits per heavy atom. The zero-order valence-electron chi connectivity index (χ0n) is 10.9. The zero-order chi connectivity index (χ0) is 14.3. The molecular formula is C15H13Cl2N3. The molecular weight excluding hydrogens is 293 g/mol. The van der Waals surface area contributed by atoms with E-state index in [0.29, 0.717) is 22.2 Å². The fourth-order valence-electron chi connectivity index (χ4n) is 2.26. The van der Waals surface area contributed by atoms with E-state index >= 15 is 0 Å². The Morgan fingerprint density at radius 2 is 1.90 bits per heavy atom. The van der Waals surface area contributed by atoms with Gasteiger partial charge in [0.15, 0.2) is 5.65 Å². The summed E-state index contributed by atoms with van der Waals surface area (Å²) in [6.07, 6.45) is 1.79. The van der Waals surface area contributed by atoms with Gasteiger partial charge in [0, 0.05) is 18.3 Å². The van der Waals surface area contributed by atoms with Gasteiger partial charge in [0.2, 0.25) is 0 Å². The Balaban J connectivity index is 2.30. The highest BCUT2D eigenvalue weighted by Gasteiger charge is 2.15. The van der Waals surface area contributed by atoms with E-state index in [4.69, 9.17) is 28.9 Å². The quantitative estimate of drug-likeness (QED) is 0.775. The number of nitrogens with zero attached hydrogens (tertiary/aromatic N) is 2. The lowest BCUT2D eigenvalue weighted by Gasteiger charge is -2.03. The first kappa shape index (κ1) is 13.4. The molecule has 102 valence electrons. The molecule has 2 heterocycles. The minimum Gasteiger partial charge on any atom is -0.325 e. The third-order valence-corrected chi connectivity index (χ3v) is 3.74. The van der Waals surface area contributed by atoms with Gasteiger partial charge in [0.05, 0.1) is 21.4 Å². The van der Waals surface area contributed by atoms with Gasteiger partial charge < -0.3 is 5.73 Å². The average Bonchev–Trinajstić information content (AvgIpc) is 2.78. The lowest BCUT2D eigenvalue weighted by molar-refractivity contribution is 0.962. The van der Waals surface area contributed by atoms with Gasteiger partial charge in [-0.05, 0) is 13.0 Å². The molecule has 0 aliphatic carbocycles. The smallest absolute Gasteiger partial charge is 0.156 e. The van der Waals surface area contributed by atoms with Crippen molar-refractivity contribution in [3.63, 3.8) is 0 Å². The van der Waals surface area contributed by atoms with Crippen LogP contribution in [0.2, 0.25) is 10.0 Å². The molecule has 2 aromatic heterocycles. The van der Waals surface area contributed by atoms with E-state index in [2.05, 4.69) is 4.98 Å². The van der Waals surface area contributed by atoms with Crippen LogP contribution in [0.3, 0.4) is 0 Å². The van der Waals surface area contributed by atoms with E-state index in [1.807, 2.05) is 35.6 Å². The predicted octanol–water partition coefficient (Wildman–Crippen LogP) is 4.08. The molecule has 0 saturated heterocycles. The number of aryl methyl sites for hydroxylation is 1. The standard InChI is InChI=1S/C15H13Cl2N3/c1-9-2-4-10(5-3-9)14-13(7-18)20-8-11(16)6-12(17)15(20)19-14/h2-6,8H,7,18H2,1H3. The Bertz CT molecular complexity index is 776. The normalized spacial score (nSPS) is 11.2. The summed E-state index contributed by atoms with van der Waals surface area (Å²) in [7, 11) is 0. The summed E-state index contributed by atoms with van der Waals surface area (Å²) < 4.78 is 1.86. The van der Waals surface area contributed by atoms with Crippen LogP contribution in [0, 0.1) is 6.92 Å². The van der Waals surface area contributed by atoms with Crippen LogP contribution >= 0.6 is 23.2 Å². The maximum atomic E-state index is 6.21. The third-order valence-electron chi connectivity index (χ3n) is 3.26. The van der Waals surface area contributed by atoms with Crippen molar-refractivity contribution < 1.29 is 0 Å². The number of imidazole rings is 1. The molecule has 3 nitrogen and oxygen atoms in total. The molecule has 5 heteroatoms. The Kier molecular flexibility index (Phi) is 3.42. The van der Waals surface area contributed by atoms with E-state index in [1.54, 1.807) is 12.3 Å². The van der Waals surface area contributed by atoms with Crippen LogP contribution < -0.4 is 5.73 Å². The number of hydrogen-bond acceptors (Lipinski definition) is 2. The molecule has 0 aliphatic rings. The first-order chi connectivity index (χ1) is 9.60.